The lowest BCUT2D eigenvalue weighted by Gasteiger charge is -2.11. The number of hydrogen-bond acceptors (Lipinski definition) is 6. The molecular weight excluding hydrogens is 517 g/mol. The molecule has 4 aromatic rings. The molecule has 0 radical (unpaired) electrons. The number of methoxy groups -OCH3 is 1. The van der Waals surface area contributed by atoms with E-state index in [4.69, 9.17) is 32.7 Å². The van der Waals surface area contributed by atoms with E-state index < -0.39 is 17.8 Å². The lowest BCUT2D eigenvalue weighted by atomic mass is 10.0. The van der Waals surface area contributed by atoms with Gasteiger partial charge in [-0.2, -0.15) is 5.10 Å². The van der Waals surface area contributed by atoms with Gasteiger partial charge in [0.15, 0.2) is 0 Å². The number of carbonyl (C=O) groups is 3. The van der Waals surface area contributed by atoms with Crippen LogP contribution >= 0.6 is 23.2 Å². The average Bonchev–Trinajstić information content (AvgIpc) is 2.92. The summed E-state index contributed by atoms with van der Waals surface area (Å²) in [7, 11) is 1.53. The van der Waals surface area contributed by atoms with E-state index in [-0.39, 0.29) is 21.5 Å². The van der Waals surface area contributed by atoms with Crippen LogP contribution in [0, 0.1) is 0 Å². The minimum Gasteiger partial charge on any atom is -0.497 e. The summed E-state index contributed by atoms with van der Waals surface area (Å²) in [6, 6.07) is 21.9. The van der Waals surface area contributed by atoms with Gasteiger partial charge in [0.25, 0.3) is 0 Å². The summed E-state index contributed by atoms with van der Waals surface area (Å²) in [6.07, 6.45) is 1.30. The number of nitrogens with one attached hydrogen (secondary N) is 2. The number of benzene rings is 4. The van der Waals surface area contributed by atoms with E-state index in [1.807, 2.05) is 24.3 Å². The van der Waals surface area contributed by atoms with Gasteiger partial charge in [-0.15, -0.1) is 0 Å². The van der Waals surface area contributed by atoms with Crippen molar-refractivity contribution in [2.45, 2.75) is 0 Å². The molecule has 0 aliphatic rings. The fraction of sp³-hybridized carbons (Fsp3) is 0.0370. The Balaban J connectivity index is 1.54. The van der Waals surface area contributed by atoms with Crippen molar-refractivity contribution < 1.29 is 23.9 Å². The van der Waals surface area contributed by atoms with E-state index in [1.165, 1.54) is 19.4 Å². The average molecular weight is 536 g/mol. The van der Waals surface area contributed by atoms with Crippen molar-refractivity contribution >= 4 is 63.7 Å². The van der Waals surface area contributed by atoms with Crippen molar-refractivity contribution in [2.75, 3.05) is 12.4 Å². The normalized spacial score (nSPS) is 10.8. The molecule has 0 saturated heterocycles. The lowest BCUT2D eigenvalue weighted by Crippen LogP contribution is -2.32. The second-order valence-corrected chi connectivity index (χ2v) is 8.36. The van der Waals surface area contributed by atoms with Gasteiger partial charge < -0.3 is 14.8 Å². The summed E-state index contributed by atoms with van der Waals surface area (Å²) in [5.74, 6) is -1.80. The number of hydrazone groups is 1. The SMILES string of the molecule is COc1ccc(C(=O)Oc2ccc3ccccc3c2/C=N/NC(=O)C(=O)Nc2cccc(Cl)c2Cl)cc1. The summed E-state index contributed by atoms with van der Waals surface area (Å²) in [4.78, 5) is 37.3. The Kier molecular flexibility index (Phi) is 8.02. The Labute approximate surface area is 221 Å². The van der Waals surface area contributed by atoms with Crippen LogP contribution in [-0.4, -0.2) is 31.1 Å². The van der Waals surface area contributed by atoms with Crippen LogP contribution in [0.2, 0.25) is 10.0 Å². The zero-order valence-corrected chi connectivity index (χ0v) is 20.8. The van der Waals surface area contributed by atoms with E-state index in [9.17, 15) is 14.4 Å². The molecule has 10 heteroatoms. The largest absolute Gasteiger partial charge is 0.497 e. The molecule has 0 unspecified atom stereocenters. The van der Waals surface area contributed by atoms with Crippen LogP contribution in [0.5, 0.6) is 11.5 Å². The topological polar surface area (TPSA) is 106 Å². The molecule has 37 heavy (non-hydrogen) atoms. The number of esters is 1. The van der Waals surface area contributed by atoms with E-state index in [2.05, 4.69) is 15.8 Å². The Hall–Kier alpha value is -4.40. The summed E-state index contributed by atoms with van der Waals surface area (Å²) >= 11 is 12.0. The van der Waals surface area contributed by atoms with Gasteiger partial charge in [-0.3, -0.25) is 9.59 Å². The maximum Gasteiger partial charge on any atom is 0.343 e. The molecule has 0 bridgehead atoms. The molecule has 0 aliphatic heterocycles. The number of ether oxygens (including phenoxy) is 2. The molecule has 186 valence electrons. The highest BCUT2D eigenvalue weighted by molar-refractivity contribution is 6.45. The number of anilines is 1. The number of fused-ring (bicyclic) bond motifs is 1. The van der Waals surface area contributed by atoms with Gasteiger partial charge in [-0.05, 0) is 53.2 Å². The molecule has 0 fully saturated rings. The maximum absolute atomic E-state index is 12.7. The third-order valence-electron chi connectivity index (χ3n) is 5.22. The predicted octanol–water partition coefficient (Wildman–Crippen LogP) is 5.46. The highest BCUT2D eigenvalue weighted by atomic mass is 35.5. The monoisotopic (exact) mass is 535 g/mol. The van der Waals surface area contributed by atoms with Crippen LogP contribution < -0.4 is 20.2 Å². The molecule has 8 nitrogen and oxygen atoms in total. The van der Waals surface area contributed by atoms with Gasteiger partial charge in [-0.1, -0.05) is 59.6 Å². The summed E-state index contributed by atoms with van der Waals surface area (Å²) in [5.41, 5.74) is 3.09. The molecule has 0 saturated carbocycles. The number of nitrogens with zero attached hydrogens (tertiary/aromatic N) is 1. The van der Waals surface area contributed by atoms with Crippen LogP contribution in [0.4, 0.5) is 5.69 Å². The zero-order valence-electron chi connectivity index (χ0n) is 19.3. The van der Waals surface area contributed by atoms with Gasteiger partial charge >= 0.3 is 17.8 Å². The Morgan fingerprint density at radius 2 is 1.62 bits per heavy atom. The van der Waals surface area contributed by atoms with Crippen molar-refractivity contribution in [2.24, 2.45) is 5.10 Å². The first-order valence-corrected chi connectivity index (χ1v) is 11.6. The molecule has 0 heterocycles. The van der Waals surface area contributed by atoms with Crippen LogP contribution in [0.25, 0.3) is 10.8 Å². The van der Waals surface area contributed by atoms with Gasteiger partial charge in [0.05, 0.1) is 34.6 Å². The maximum atomic E-state index is 12.7. The van der Waals surface area contributed by atoms with Crippen molar-refractivity contribution in [1.82, 2.24) is 5.43 Å². The Morgan fingerprint density at radius 3 is 2.38 bits per heavy atom. The summed E-state index contributed by atoms with van der Waals surface area (Å²) < 4.78 is 10.7. The highest BCUT2D eigenvalue weighted by Crippen LogP contribution is 2.30. The van der Waals surface area contributed by atoms with Gasteiger partial charge in [0.1, 0.15) is 11.5 Å². The van der Waals surface area contributed by atoms with Crippen molar-refractivity contribution in [3.63, 3.8) is 0 Å². The number of hydrogen-bond donors (Lipinski definition) is 2. The smallest absolute Gasteiger partial charge is 0.343 e. The second kappa shape index (κ2) is 11.6. The Bertz CT molecular complexity index is 1520. The second-order valence-electron chi connectivity index (χ2n) is 7.57. The third-order valence-corrected chi connectivity index (χ3v) is 6.04. The molecule has 2 amide bonds. The van der Waals surface area contributed by atoms with Crippen molar-refractivity contribution in [3.05, 3.63) is 100 Å². The van der Waals surface area contributed by atoms with E-state index in [1.54, 1.807) is 48.5 Å². The molecular formula is C27H19Cl2N3O5. The van der Waals surface area contributed by atoms with Crippen molar-refractivity contribution in [3.8, 4) is 11.5 Å². The lowest BCUT2D eigenvalue weighted by molar-refractivity contribution is -0.136. The van der Waals surface area contributed by atoms with E-state index in [0.29, 0.717) is 16.9 Å². The number of amides is 2. The first-order chi connectivity index (χ1) is 17.9. The Morgan fingerprint density at radius 1 is 0.865 bits per heavy atom. The van der Waals surface area contributed by atoms with Crippen LogP contribution in [0.1, 0.15) is 15.9 Å². The molecule has 4 aromatic carbocycles. The van der Waals surface area contributed by atoms with Crippen LogP contribution in [0.15, 0.2) is 84.0 Å². The van der Waals surface area contributed by atoms with Gasteiger partial charge in [0.2, 0.25) is 0 Å². The minimum absolute atomic E-state index is 0.105. The highest BCUT2D eigenvalue weighted by Gasteiger charge is 2.17. The van der Waals surface area contributed by atoms with Gasteiger partial charge in [-0.25, -0.2) is 10.2 Å². The number of halogens is 2. The quantitative estimate of drug-likeness (QED) is 0.112. The van der Waals surface area contributed by atoms with Crippen LogP contribution in [0.3, 0.4) is 0 Å². The first-order valence-electron chi connectivity index (χ1n) is 10.8. The fourth-order valence-corrected chi connectivity index (χ4v) is 3.72. The molecule has 0 atom stereocenters. The summed E-state index contributed by atoms with van der Waals surface area (Å²) in [5, 5.41) is 8.18. The fourth-order valence-electron chi connectivity index (χ4n) is 3.37. The molecule has 0 aromatic heterocycles. The number of rotatable bonds is 6. The van der Waals surface area contributed by atoms with Gasteiger partial charge in [0, 0.05) is 5.56 Å². The molecule has 0 spiro atoms. The van der Waals surface area contributed by atoms with Crippen molar-refractivity contribution in [1.29, 1.82) is 0 Å². The molecule has 0 aliphatic carbocycles. The minimum atomic E-state index is -1.04. The zero-order chi connectivity index (χ0) is 26.4. The number of carbonyl (C=O) groups excluding carboxylic acids is 3. The third kappa shape index (κ3) is 6.06. The van der Waals surface area contributed by atoms with E-state index in [0.717, 1.165) is 10.8 Å². The van der Waals surface area contributed by atoms with Crippen LogP contribution in [-0.2, 0) is 9.59 Å². The standard InChI is InChI=1S/C27H19Cl2N3O5/c1-36-18-12-9-17(10-13-18)27(35)37-23-14-11-16-5-2-3-6-19(16)20(23)15-30-32-26(34)25(33)31-22-8-4-7-21(28)24(22)29/h2-15H,1H3,(H,31,33)(H,32,34)/b30-15+. The van der Waals surface area contributed by atoms with E-state index >= 15 is 0 Å². The first kappa shape index (κ1) is 25.7. The summed E-state index contributed by atoms with van der Waals surface area (Å²) in [6.45, 7) is 0. The predicted molar refractivity (Wildman–Crippen MR) is 143 cm³/mol. The molecule has 2 N–H and O–H groups in total. The molecule has 4 rings (SSSR count).